The summed E-state index contributed by atoms with van der Waals surface area (Å²) in [5, 5.41) is 4.05. The molecule has 4 rings (SSSR count). The summed E-state index contributed by atoms with van der Waals surface area (Å²) in [5.41, 5.74) is 2.28. The molecule has 0 aromatic carbocycles. The van der Waals surface area contributed by atoms with Crippen molar-refractivity contribution in [3.8, 4) is 0 Å². The number of rotatable bonds is 3. The third-order valence-corrected chi connectivity index (χ3v) is 4.51. The molecule has 0 saturated carbocycles. The van der Waals surface area contributed by atoms with Crippen LogP contribution in [-0.2, 0) is 6.42 Å². The normalized spacial score (nSPS) is 17.8. The van der Waals surface area contributed by atoms with Gasteiger partial charge in [-0.3, -0.25) is 4.79 Å². The molecule has 3 aromatic heterocycles. The minimum atomic E-state index is -0.132. The number of likely N-dealkylation sites (tertiary alicyclic amines) is 1. The molecule has 4 heterocycles. The van der Waals surface area contributed by atoms with Crippen LogP contribution in [0, 0.1) is 6.92 Å². The summed E-state index contributed by atoms with van der Waals surface area (Å²) in [4.78, 5) is 23.6. The summed E-state index contributed by atoms with van der Waals surface area (Å²) in [6.45, 7) is 4.65. The average Bonchev–Trinajstić information content (AvgIpc) is 3.31. The number of imidazole rings is 1. The molecule has 1 fully saturated rings. The lowest BCUT2D eigenvalue weighted by atomic mass is 10.2. The smallest absolute Gasteiger partial charge is 0.274 e. The molecule has 1 atom stereocenters. The Hall–Kier alpha value is -2.70. The minimum absolute atomic E-state index is 0.0801. The van der Waals surface area contributed by atoms with Crippen molar-refractivity contribution in [1.29, 1.82) is 0 Å². The van der Waals surface area contributed by atoms with E-state index in [2.05, 4.69) is 15.1 Å². The second-order valence-corrected chi connectivity index (χ2v) is 6.08. The quantitative estimate of drug-likeness (QED) is 0.739. The molecule has 0 N–H and O–H groups in total. The summed E-state index contributed by atoms with van der Waals surface area (Å²) in [6.07, 6.45) is 4.27. The van der Waals surface area contributed by atoms with Crippen LogP contribution in [0.4, 0.5) is 0 Å². The molecule has 3 aromatic rings. The highest BCUT2D eigenvalue weighted by atomic mass is 16.5. The van der Waals surface area contributed by atoms with E-state index >= 15 is 0 Å². The molecule has 124 valence electrons. The minimum Gasteiger partial charge on any atom is -0.339 e. The molecule has 1 saturated heterocycles. The first-order valence-electron chi connectivity index (χ1n) is 8.25. The third-order valence-electron chi connectivity index (χ3n) is 4.51. The molecule has 1 amide bonds. The second-order valence-electron chi connectivity index (χ2n) is 6.08. The Morgan fingerprint density at radius 2 is 2.25 bits per heavy atom. The number of aryl methyl sites for hydroxylation is 2. The van der Waals surface area contributed by atoms with Crippen LogP contribution in [0.3, 0.4) is 0 Å². The van der Waals surface area contributed by atoms with E-state index in [4.69, 9.17) is 4.52 Å². The number of hydrogen-bond acceptors (Lipinski definition) is 5. The van der Waals surface area contributed by atoms with Crippen molar-refractivity contribution in [3.63, 3.8) is 0 Å². The Labute approximate surface area is 139 Å². The first-order chi connectivity index (χ1) is 11.7. The van der Waals surface area contributed by atoms with Crippen molar-refractivity contribution in [1.82, 2.24) is 24.4 Å². The molecule has 0 aliphatic carbocycles. The highest BCUT2D eigenvalue weighted by molar-refractivity contribution is 5.93. The Kier molecular flexibility index (Phi) is 3.55. The van der Waals surface area contributed by atoms with Crippen molar-refractivity contribution in [2.75, 3.05) is 6.54 Å². The van der Waals surface area contributed by atoms with Crippen LogP contribution in [0.5, 0.6) is 0 Å². The predicted molar refractivity (Wildman–Crippen MR) is 86.6 cm³/mol. The van der Waals surface area contributed by atoms with E-state index in [1.54, 1.807) is 11.1 Å². The van der Waals surface area contributed by atoms with Gasteiger partial charge in [0.2, 0.25) is 5.89 Å². The Morgan fingerprint density at radius 3 is 3.00 bits per heavy atom. The van der Waals surface area contributed by atoms with E-state index in [9.17, 15) is 4.79 Å². The second kappa shape index (κ2) is 5.74. The Balaban J connectivity index is 1.65. The zero-order valence-corrected chi connectivity index (χ0v) is 13.8. The van der Waals surface area contributed by atoms with Crippen molar-refractivity contribution < 1.29 is 9.32 Å². The molecule has 1 aliphatic heterocycles. The number of amides is 1. The largest absolute Gasteiger partial charge is 0.339 e. The van der Waals surface area contributed by atoms with E-state index in [1.807, 2.05) is 36.4 Å². The highest BCUT2D eigenvalue weighted by Gasteiger charge is 2.34. The molecule has 7 heteroatoms. The van der Waals surface area contributed by atoms with Gasteiger partial charge < -0.3 is 13.8 Å². The van der Waals surface area contributed by atoms with Crippen molar-refractivity contribution >= 4 is 11.6 Å². The Bertz CT molecular complexity index is 897. The molecule has 0 spiro atoms. The summed E-state index contributed by atoms with van der Waals surface area (Å²) in [6, 6.07) is 5.70. The van der Waals surface area contributed by atoms with Crippen molar-refractivity contribution in [2.45, 2.75) is 39.2 Å². The maximum atomic E-state index is 13.0. The van der Waals surface area contributed by atoms with Crippen LogP contribution in [0.2, 0.25) is 0 Å². The maximum Gasteiger partial charge on any atom is 0.274 e. The van der Waals surface area contributed by atoms with E-state index < -0.39 is 0 Å². The molecule has 0 unspecified atom stereocenters. The fourth-order valence-electron chi connectivity index (χ4n) is 3.22. The van der Waals surface area contributed by atoms with Crippen LogP contribution in [0.25, 0.3) is 5.65 Å². The molecule has 7 nitrogen and oxygen atoms in total. The third kappa shape index (κ3) is 2.36. The van der Waals surface area contributed by atoms with Gasteiger partial charge in [-0.1, -0.05) is 18.1 Å². The summed E-state index contributed by atoms with van der Waals surface area (Å²) < 4.78 is 7.14. The standard InChI is InChI=1S/C17H19N5O2/c1-3-15-19-16(20-24-15)13-7-5-9-21(13)17(23)12-10-22-11(2)6-4-8-14(22)18-12/h4,6,8,10,13H,3,5,7,9H2,1-2H3/t13-/m1/s1. The maximum absolute atomic E-state index is 13.0. The van der Waals surface area contributed by atoms with Crippen LogP contribution >= 0.6 is 0 Å². The fourth-order valence-corrected chi connectivity index (χ4v) is 3.22. The number of nitrogens with zero attached hydrogens (tertiary/aromatic N) is 5. The van der Waals surface area contributed by atoms with Gasteiger partial charge in [-0.05, 0) is 31.9 Å². The zero-order valence-electron chi connectivity index (χ0n) is 13.8. The SMILES string of the molecule is CCc1nc([C@H]2CCCN2C(=O)c2cn3c(C)cccc3n2)no1. The van der Waals surface area contributed by atoms with Gasteiger partial charge in [0.1, 0.15) is 11.3 Å². The number of hydrogen-bond donors (Lipinski definition) is 0. The molecule has 1 aliphatic rings. The van der Waals surface area contributed by atoms with Gasteiger partial charge in [0.15, 0.2) is 5.82 Å². The van der Waals surface area contributed by atoms with E-state index in [1.165, 1.54) is 0 Å². The van der Waals surface area contributed by atoms with Gasteiger partial charge in [0.05, 0.1) is 6.04 Å². The van der Waals surface area contributed by atoms with Gasteiger partial charge in [0, 0.05) is 24.9 Å². The molecular formula is C17H19N5O2. The van der Waals surface area contributed by atoms with Crippen LogP contribution < -0.4 is 0 Å². The van der Waals surface area contributed by atoms with Crippen molar-refractivity contribution in [2.24, 2.45) is 0 Å². The Morgan fingerprint density at radius 1 is 1.38 bits per heavy atom. The van der Waals surface area contributed by atoms with Crippen LogP contribution in [0.1, 0.15) is 53.7 Å². The average molecular weight is 325 g/mol. The lowest BCUT2D eigenvalue weighted by Crippen LogP contribution is -2.31. The molecule has 0 radical (unpaired) electrons. The summed E-state index contributed by atoms with van der Waals surface area (Å²) in [7, 11) is 0. The van der Waals surface area contributed by atoms with E-state index in [-0.39, 0.29) is 11.9 Å². The van der Waals surface area contributed by atoms with Crippen LogP contribution in [-0.4, -0.2) is 36.9 Å². The number of carbonyl (C=O) groups is 1. The van der Waals surface area contributed by atoms with Gasteiger partial charge in [-0.15, -0.1) is 0 Å². The first kappa shape index (κ1) is 14.9. The molecule has 24 heavy (non-hydrogen) atoms. The fraction of sp³-hybridized carbons (Fsp3) is 0.412. The molecule has 0 bridgehead atoms. The van der Waals surface area contributed by atoms with Gasteiger partial charge >= 0.3 is 0 Å². The first-order valence-corrected chi connectivity index (χ1v) is 8.25. The highest BCUT2D eigenvalue weighted by Crippen LogP contribution is 2.31. The van der Waals surface area contributed by atoms with Crippen molar-refractivity contribution in [3.05, 3.63) is 47.5 Å². The number of pyridine rings is 1. The van der Waals surface area contributed by atoms with Gasteiger partial charge in [0.25, 0.3) is 5.91 Å². The number of carbonyl (C=O) groups excluding carboxylic acids is 1. The zero-order chi connectivity index (χ0) is 16.7. The van der Waals surface area contributed by atoms with Crippen LogP contribution in [0.15, 0.2) is 28.9 Å². The number of aromatic nitrogens is 4. The van der Waals surface area contributed by atoms with Gasteiger partial charge in [-0.2, -0.15) is 4.98 Å². The topological polar surface area (TPSA) is 76.5 Å². The van der Waals surface area contributed by atoms with Gasteiger partial charge in [-0.25, -0.2) is 4.98 Å². The van der Waals surface area contributed by atoms with E-state index in [0.29, 0.717) is 30.4 Å². The molecular weight excluding hydrogens is 306 g/mol. The summed E-state index contributed by atoms with van der Waals surface area (Å²) in [5.74, 6) is 1.12. The number of fused-ring (bicyclic) bond motifs is 1. The summed E-state index contributed by atoms with van der Waals surface area (Å²) >= 11 is 0. The predicted octanol–water partition coefficient (Wildman–Crippen LogP) is 2.57. The lowest BCUT2D eigenvalue weighted by Gasteiger charge is -2.20. The monoisotopic (exact) mass is 325 g/mol. The van der Waals surface area contributed by atoms with E-state index in [0.717, 1.165) is 24.2 Å². The lowest BCUT2D eigenvalue weighted by molar-refractivity contribution is 0.0723.